The number of likely N-dealkylation sites (tertiary alicyclic amines) is 1. The molecule has 168 valence electrons. The molecule has 0 aromatic carbocycles. The van der Waals surface area contributed by atoms with E-state index in [1.165, 1.54) is 90.5 Å². The van der Waals surface area contributed by atoms with E-state index in [-0.39, 0.29) is 0 Å². The van der Waals surface area contributed by atoms with Gasteiger partial charge < -0.3 is 15.5 Å². The van der Waals surface area contributed by atoms with Crippen LogP contribution in [0.1, 0.15) is 71.6 Å². The van der Waals surface area contributed by atoms with Crippen LogP contribution >= 0.6 is 0 Å². The third-order valence-electron chi connectivity index (χ3n) is 9.56. The van der Waals surface area contributed by atoms with Crippen molar-refractivity contribution in [2.75, 3.05) is 46.8 Å². The third kappa shape index (κ3) is 5.04. The molecule has 2 N–H and O–H groups in total. The van der Waals surface area contributed by atoms with Crippen LogP contribution in [0.4, 0.5) is 0 Å². The van der Waals surface area contributed by atoms with E-state index in [0.717, 1.165) is 41.4 Å². The summed E-state index contributed by atoms with van der Waals surface area (Å²) < 4.78 is 0. The summed E-state index contributed by atoms with van der Waals surface area (Å²) in [5.74, 6) is 6.87. The molecule has 1 aliphatic heterocycles. The summed E-state index contributed by atoms with van der Waals surface area (Å²) in [6, 6.07) is 0. The smallest absolute Gasteiger partial charge is 0.00503 e. The second kappa shape index (κ2) is 9.57. The second-order valence-electron chi connectivity index (χ2n) is 12.1. The van der Waals surface area contributed by atoms with Crippen molar-refractivity contribution in [3.63, 3.8) is 0 Å². The van der Waals surface area contributed by atoms with Gasteiger partial charge in [-0.25, -0.2) is 0 Å². The van der Waals surface area contributed by atoms with Crippen molar-refractivity contribution in [3.05, 3.63) is 0 Å². The zero-order valence-electron chi connectivity index (χ0n) is 19.9. The Labute approximate surface area is 181 Å². The van der Waals surface area contributed by atoms with Crippen molar-refractivity contribution >= 4 is 0 Å². The maximum atomic E-state index is 3.81. The fourth-order valence-corrected chi connectivity index (χ4v) is 8.23. The average molecular weight is 404 g/mol. The molecule has 29 heavy (non-hydrogen) atoms. The summed E-state index contributed by atoms with van der Waals surface area (Å²) in [6.45, 7) is 11.6. The van der Waals surface area contributed by atoms with E-state index < -0.39 is 0 Å². The monoisotopic (exact) mass is 403 g/mol. The highest BCUT2D eigenvalue weighted by Gasteiger charge is 2.55. The topological polar surface area (TPSA) is 27.3 Å². The maximum absolute atomic E-state index is 3.81. The van der Waals surface area contributed by atoms with Crippen molar-refractivity contribution in [3.8, 4) is 0 Å². The fraction of sp³-hybridized carbons (Fsp3) is 1.00. The van der Waals surface area contributed by atoms with Crippen molar-refractivity contribution in [2.45, 2.75) is 71.6 Å². The quantitative estimate of drug-likeness (QED) is 0.521. The number of hydrogen-bond donors (Lipinski definition) is 2. The van der Waals surface area contributed by atoms with Gasteiger partial charge in [0.25, 0.3) is 0 Å². The molecule has 0 aromatic rings. The number of nitrogens with one attached hydrogen (secondary N) is 2. The number of rotatable bonds is 10. The predicted octanol–water partition coefficient (Wildman–Crippen LogP) is 4.63. The Hall–Kier alpha value is -0.120. The van der Waals surface area contributed by atoms with Gasteiger partial charge in [0.15, 0.2) is 0 Å². The maximum Gasteiger partial charge on any atom is 0.00503 e. The standard InChI is InChI=1S/C26H49N3/c1-19-10-25(26(14-19)17-29(4)18-26)20(2)24-12-23(13-24)16-28-9-5-6-21-7-8-22(11-21)15-27-3/h19-25,27-28H,5-18H2,1-4H3/t19-,20-,21?,22?,23?,24?,25?/m1/s1. The highest BCUT2D eigenvalue weighted by atomic mass is 15.2. The lowest BCUT2D eigenvalue weighted by atomic mass is 9.59. The highest BCUT2D eigenvalue weighted by Crippen LogP contribution is 2.57. The molecule has 3 saturated carbocycles. The Bertz CT molecular complexity index is 508. The van der Waals surface area contributed by atoms with Crippen LogP contribution in [0.2, 0.25) is 0 Å². The van der Waals surface area contributed by atoms with Gasteiger partial charge in [0.05, 0.1) is 0 Å². The molecule has 5 atom stereocenters. The van der Waals surface area contributed by atoms with E-state index in [9.17, 15) is 0 Å². The van der Waals surface area contributed by atoms with Crippen LogP contribution < -0.4 is 10.6 Å². The minimum atomic E-state index is 0.698. The zero-order chi connectivity index (χ0) is 20.4. The molecule has 1 heterocycles. The van der Waals surface area contributed by atoms with E-state index in [2.05, 4.69) is 43.5 Å². The molecule has 3 heteroatoms. The van der Waals surface area contributed by atoms with Gasteiger partial charge in [-0.3, -0.25) is 0 Å². The SMILES string of the molecule is CNCC1CCC(CCCNCC2CC([C@@H](C)C3C[C@@H](C)CC34CN(C)C4)C2)C1. The zero-order valence-corrected chi connectivity index (χ0v) is 19.9. The van der Waals surface area contributed by atoms with Crippen LogP contribution in [0.3, 0.4) is 0 Å². The van der Waals surface area contributed by atoms with Gasteiger partial charge in [-0.15, -0.1) is 0 Å². The molecule has 0 bridgehead atoms. The van der Waals surface area contributed by atoms with Gasteiger partial charge in [-0.05, 0) is 132 Å². The Morgan fingerprint density at radius 1 is 1.00 bits per heavy atom. The normalized spacial score (nSPS) is 40.1. The van der Waals surface area contributed by atoms with Crippen LogP contribution in [0.25, 0.3) is 0 Å². The van der Waals surface area contributed by atoms with Crippen LogP contribution in [-0.2, 0) is 0 Å². The first kappa shape index (κ1) is 22.1. The van der Waals surface area contributed by atoms with E-state index in [1.807, 2.05) is 0 Å². The lowest BCUT2D eigenvalue weighted by Gasteiger charge is -2.54. The van der Waals surface area contributed by atoms with E-state index >= 15 is 0 Å². The van der Waals surface area contributed by atoms with Gasteiger partial charge in [0, 0.05) is 13.1 Å². The van der Waals surface area contributed by atoms with Crippen molar-refractivity contribution in [2.24, 2.45) is 46.8 Å². The predicted molar refractivity (Wildman–Crippen MR) is 124 cm³/mol. The molecule has 0 aromatic heterocycles. The van der Waals surface area contributed by atoms with Crippen LogP contribution in [0, 0.1) is 46.8 Å². The fourth-order valence-electron chi connectivity index (χ4n) is 8.23. The second-order valence-corrected chi connectivity index (χ2v) is 12.1. The Morgan fingerprint density at radius 2 is 1.76 bits per heavy atom. The first-order valence-corrected chi connectivity index (χ1v) is 13.0. The summed E-state index contributed by atoms with van der Waals surface area (Å²) in [6.07, 6.45) is 13.3. The molecular formula is C26H49N3. The summed E-state index contributed by atoms with van der Waals surface area (Å²) in [4.78, 5) is 2.55. The van der Waals surface area contributed by atoms with Crippen LogP contribution in [0.15, 0.2) is 0 Å². The summed E-state index contributed by atoms with van der Waals surface area (Å²) in [5, 5.41) is 7.17. The number of nitrogens with zero attached hydrogens (tertiary/aromatic N) is 1. The largest absolute Gasteiger partial charge is 0.319 e. The molecule has 1 saturated heterocycles. The first-order chi connectivity index (χ1) is 14.0. The molecule has 3 unspecified atom stereocenters. The summed E-state index contributed by atoms with van der Waals surface area (Å²) in [7, 11) is 4.41. The highest BCUT2D eigenvalue weighted by molar-refractivity contribution is 5.06. The molecule has 0 radical (unpaired) electrons. The third-order valence-corrected chi connectivity index (χ3v) is 9.56. The summed E-state index contributed by atoms with van der Waals surface area (Å²) in [5.41, 5.74) is 0.698. The molecule has 3 nitrogen and oxygen atoms in total. The van der Waals surface area contributed by atoms with Crippen LogP contribution in [0.5, 0.6) is 0 Å². The minimum Gasteiger partial charge on any atom is -0.319 e. The summed E-state index contributed by atoms with van der Waals surface area (Å²) >= 11 is 0. The molecule has 3 aliphatic carbocycles. The van der Waals surface area contributed by atoms with Gasteiger partial charge in [0.2, 0.25) is 0 Å². The molecular weight excluding hydrogens is 354 g/mol. The van der Waals surface area contributed by atoms with Gasteiger partial charge in [-0.2, -0.15) is 0 Å². The lowest BCUT2D eigenvalue weighted by molar-refractivity contribution is -0.0529. The molecule has 4 fully saturated rings. The van der Waals surface area contributed by atoms with Gasteiger partial charge in [0.1, 0.15) is 0 Å². The molecule has 0 amide bonds. The van der Waals surface area contributed by atoms with Crippen molar-refractivity contribution < 1.29 is 0 Å². The molecule has 1 spiro atoms. The van der Waals surface area contributed by atoms with E-state index in [0.29, 0.717) is 5.41 Å². The van der Waals surface area contributed by atoms with Gasteiger partial charge >= 0.3 is 0 Å². The Morgan fingerprint density at radius 3 is 2.48 bits per heavy atom. The average Bonchev–Trinajstić information content (AvgIpc) is 3.20. The number of hydrogen-bond acceptors (Lipinski definition) is 3. The van der Waals surface area contributed by atoms with Crippen molar-refractivity contribution in [1.29, 1.82) is 0 Å². The minimum absolute atomic E-state index is 0.698. The van der Waals surface area contributed by atoms with Crippen LogP contribution in [-0.4, -0.2) is 51.7 Å². The lowest BCUT2D eigenvalue weighted by Crippen LogP contribution is -2.58. The Balaban J connectivity index is 1.08. The van der Waals surface area contributed by atoms with Crippen molar-refractivity contribution in [1.82, 2.24) is 15.5 Å². The molecule has 4 rings (SSSR count). The Kier molecular flexibility index (Phi) is 7.29. The van der Waals surface area contributed by atoms with E-state index in [4.69, 9.17) is 0 Å². The van der Waals surface area contributed by atoms with Gasteiger partial charge in [-0.1, -0.05) is 20.3 Å². The van der Waals surface area contributed by atoms with E-state index in [1.54, 1.807) is 0 Å². The molecule has 4 aliphatic rings. The first-order valence-electron chi connectivity index (χ1n) is 13.0.